The van der Waals surface area contributed by atoms with Crippen molar-refractivity contribution in [3.8, 4) is 17.2 Å². The normalized spacial score (nSPS) is 10.6. The Morgan fingerprint density at radius 1 is 1.00 bits per heavy atom. The Hall–Kier alpha value is -2.69. The Morgan fingerprint density at radius 3 is 2.36 bits per heavy atom. The van der Waals surface area contributed by atoms with E-state index >= 15 is 0 Å². The highest BCUT2D eigenvalue weighted by Crippen LogP contribution is 2.22. The maximum absolute atomic E-state index is 12.8. The summed E-state index contributed by atoms with van der Waals surface area (Å²) in [6.45, 7) is 2.35. The third-order valence-electron chi connectivity index (χ3n) is 3.19. The van der Waals surface area contributed by atoms with Crippen LogP contribution in [0.1, 0.15) is 18.4 Å². The second kappa shape index (κ2) is 6.39. The molecule has 0 N–H and O–H groups in total. The molecule has 0 spiro atoms. The van der Waals surface area contributed by atoms with Gasteiger partial charge in [-0.3, -0.25) is 0 Å². The lowest BCUT2D eigenvalue weighted by molar-refractivity contribution is 0.306. The van der Waals surface area contributed by atoms with Gasteiger partial charge < -0.3 is 9.15 Å². The van der Waals surface area contributed by atoms with E-state index < -0.39 is 0 Å². The van der Waals surface area contributed by atoms with Gasteiger partial charge in [-0.1, -0.05) is 19.1 Å². The third-order valence-corrected chi connectivity index (χ3v) is 3.19. The highest BCUT2D eigenvalue weighted by molar-refractivity contribution is 5.53. The molecule has 3 aromatic rings. The first-order valence-electron chi connectivity index (χ1n) is 7.04. The maximum Gasteiger partial charge on any atom is 0.247 e. The van der Waals surface area contributed by atoms with Crippen molar-refractivity contribution in [3.05, 3.63) is 65.8 Å². The number of ether oxygens (including phenoxy) is 1. The third kappa shape index (κ3) is 3.31. The van der Waals surface area contributed by atoms with Gasteiger partial charge in [-0.25, -0.2) is 4.39 Å². The molecule has 0 aliphatic carbocycles. The molecule has 0 unspecified atom stereocenters. The molecule has 0 aliphatic heterocycles. The number of hydrogen-bond donors (Lipinski definition) is 0. The van der Waals surface area contributed by atoms with Crippen molar-refractivity contribution < 1.29 is 13.5 Å². The molecule has 4 nitrogen and oxygen atoms in total. The van der Waals surface area contributed by atoms with Gasteiger partial charge in [-0.15, -0.1) is 10.2 Å². The number of nitrogens with zero attached hydrogens (tertiary/aromatic N) is 2. The molecule has 112 valence electrons. The Morgan fingerprint density at radius 2 is 1.73 bits per heavy atom. The van der Waals surface area contributed by atoms with Gasteiger partial charge in [-0.05, 0) is 42.0 Å². The first kappa shape index (κ1) is 14.3. The Bertz CT molecular complexity index is 736. The standard InChI is InChI=1S/C17H15FN2O2/c1-2-16-19-20-17(22-16)13-5-9-15(10-6-13)21-11-12-3-7-14(18)8-4-12/h3-10H,2,11H2,1H3. The van der Waals surface area contributed by atoms with Gasteiger partial charge in [0.1, 0.15) is 18.2 Å². The molecule has 1 aromatic heterocycles. The van der Waals surface area contributed by atoms with E-state index in [9.17, 15) is 4.39 Å². The molecule has 0 bridgehead atoms. The lowest BCUT2D eigenvalue weighted by atomic mass is 10.2. The first-order valence-corrected chi connectivity index (χ1v) is 7.04. The highest BCUT2D eigenvalue weighted by Gasteiger charge is 2.07. The van der Waals surface area contributed by atoms with Crippen molar-refractivity contribution in [2.24, 2.45) is 0 Å². The van der Waals surface area contributed by atoms with Gasteiger partial charge in [0.25, 0.3) is 0 Å². The van der Waals surface area contributed by atoms with Crippen molar-refractivity contribution in [2.45, 2.75) is 20.0 Å². The quantitative estimate of drug-likeness (QED) is 0.714. The van der Waals surface area contributed by atoms with Gasteiger partial charge in [0.15, 0.2) is 0 Å². The molecule has 0 aliphatic rings. The monoisotopic (exact) mass is 298 g/mol. The van der Waals surface area contributed by atoms with Crippen molar-refractivity contribution in [1.29, 1.82) is 0 Å². The molecule has 22 heavy (non-hydrogen) atoms. The van der Waals surface area contributed by atoms with Crippen LogP contribution in [0.2, 0.25) is 0 Å². The molecular formula is C17H15FN2O2. The summed E-state index contributed by atoms with van der Waals surface area (Å²) in [6, 6.07) is 13.7. The van der Waals surface area contributed by atoms with Gasteiger partial charge in [0, 0.05) is 12.0 Å². The molecule has 0 radical (unpaired) electrons. The average molecular weight is 298 g/mol. The number of rotatable bonds is 5. The lowest BCUT2D eigenvalue weighted by Crippen LogP contribution is -1.95. The zero-order chi connectivity index (χ0) is 15.4. The predicted octanol–water partition coefficient (Wildman–Crippen LogP) is 4.02. The van der Waals surface area contributed by atoms with E-state index in [0.717, 1.165) is 16.9 Å². The summed E-state index contributed by atoms with van der Waals surface area (Å²) in [7, 11) is 0. The molecule has 2 aromatic carbocycles. The summed E-state index contributed by atoms with van der Waals surface area (Å²) in [5.41, 5.74) is 1.76. The van der Waals surface area contributed by atoms with Gasteiger partial charge >= 0.3 is 0 Å². The van der Waals surface area contributed by atoms with E-state index in [1.807, 2.05) is 31.2 Å². The zero-order valence-corrected chi connectivity index (χ0v) is 12.1. The summed E-state index contributed by atoms with van der Waals surface area (Å²) < 4.78 is 24.0. The fraction of sp³-hybridized carbons (Fsp3) is 0.176. The molecule has 1 heterocycles. The van der Waals surface area contributed by atoms with E-state index in [0.29, 0.717) is 24.8 Å². The molecule has 0 saturated carbocycles. The molecule has 0 saturated heterocycles. The molecule has 3 rings (SSSR count). The van der Waals surface area contributed by atoms with Crippen LogP contribution in [-0.2, 0) is 13.0 Å². The number of aromatic nitrogens is 2. The van der Waals surface area contributed by atoms with Crippen molar-refractivity contribution in [3.63, 3.8) is 0 Å². The summed E-state index contributed by atoms with van der Waals surface area (Å²) in [4.78, 5) is 0. The summed E-state index contributed by atoms with van der Waals surface area (Å²) >= 11 is 0. The second-order valence-electron chi connectivity index (χ2n) is 4.79. The van der Waals surface area contributed by atoms with Gasteiger partial charge in [-0.2, -0.15) is 0 Å². The van der Waals surface area contributed by atoms with Crippen molar-refractivity contribution in [1.82, 2.24) is 10.2 Å². The Balaban J connectivity index is 1.65. The minimum atomic E-state index is -0.251. The lowest BCUT2D eigenvalue weighted by Gasteiger charge is -2.06. The Kier molecular flexibility index (Phi) is 4.14. The maximum atomic E-state index is 12.8. The molecular weight excluding hydrogens is 283 g/mol. The largest absolute Gasteiger partial charge is 0.489 e. The average Bonchev–Trinajstić information content (AvgIpc) is 3.04. The van der Waals surface area contributed by atoms with Crippen LogP contribution in [0.15, 0.2) is 52.9 Å². The van der Waals surface area contributed by atoms with Gasteiger partial charge in [0.05, 0.1) is 0 Å². The summed E-state index contributed by atoms with van der Waals surface area (Å²) in [5, 5.41) is 7.93. The zero-order valence-electron chi connectivity index (χ0n) is 12.1. The summed E-state index contributed by atoms with van der Waals surface area (Å²) in [6.07, 6.45) is 0.714. The van der Waals surface area contributed by atoms with Crippen LogP contribution < -0.4 is 4.74 Å². The number of benzene rings is 2. The van der Waals surface area contributed by atoms with Crippen LogP contribution in [0, 0.1) is 5.82 Å². The van der Waals surface area contributed by atoms with Crippen LogP contribution in [-0.4, -0.2) is 10.2 Å². The highest BCUT2D eigenvalue weighted by atomic mass is 19.1. The predicted molar refractivity (Wildman–Crippen MR) is 79.8 cm³/mol. The minimum absolute atomic E-state index is 0.251. The summed E-state index contributed by atoms with van der Waals surface area (Å²) in [5.74, 6) is 1.59. The fourth-order valence-corrected chi connectivity index (χ4v) is 1.95. The van der Waals surface area contributed by atoms with E-state index in [4.69, 9.17) is 9.15 Å². The molecule has 0 atom stereocenters. The van der Waals surface area contributed by atoms with Crippen LogP contribution in [0.5, 0.6) is 5.75 Å². The minimum Gasteiger partial charge on any atom is -0.489 e. The molecule has 0 amide bonds. The first-order chi connectivity index (χ1) is 10.7. The number of aryl methyl sites for hydroxylation is 1. The fourth-order valence-electron chi connectivity index (χ4n) is 1.95. The smallest absolute Gasteiger partial charge is 0.247 e. The van der Waals surface area contributed by atoms with Crippen LogP contribution in [0.4, 0.5) is 4.39 Å². The Labute approximate surface area is 127 Å². The van der Waals surface area contributed by atoms with E-state index in [1.165, 1.54) is 12.1 Å². The van der Waals surface area contributed by atoms with E-state index in [1.54, 1.807) is 12.1 Å². The van der Waals surface area contributed by atoms with Crippen LogP contribution >= 0.6 is 0 Å². The van der Waals surface area contributed by atoms with Crippen LogP contribution in [0.25, 0.3) is 11.5 Å². The number of halogens is 1. The molecule has 5 heteroatoms. The van der Waals surface area contributed by atoms with Gasteiger partial charge in [0.2, 0.25) is 11.8 Å². The van der Waals surface area contributed by atoms with Crippen molar-refractivity contribution in [2.75, 3.05) is 0 Å². The van der Waals surface area contributed by atoms with E-state index in [-0.39, 0.29) is 5.82 Å². The van der Waals surface area contributed by atoms with E-state index in [2.05, 4.69) is 10.2 Å². The SMILES string of the molecule is CCc1nnc(-c2ccc(OCc3ccc(F)cc3)cc2)o1. The van der Waals surface area contributed by atoms with Crippen LogP contribution in [0.3, 0.4) is 0 Å². The second-order valence-corrected chi connectivity index (χ2v) is 4.79. The van der Waals surface area contributed by atoms with Crippen molar-refractivity contribution >= 4 is 0 Å². The number of hydrogen-bond acceptors (Lipinski definition) is 4. The molecule has 0 fully saturated rings. The topological polar surface area (TPSA) is 48.2 Å².